The standard InChI is InChI=1S/C27H27N5O6S/c28-22-25(36)32-23(27(37)38)19(15-39-26(22)32)11-18-6-9-31(24(18)35)13-16-4-7-30(8-5-16)14-21(34)29-12-17-2-1-3-20(33)10-17/h1-5,7-8,10-11,22,26H,6,9,12-15,28H2,(H2-,29,33,34,37,38)/p+1/b18-11+/t22-,26-/m1/s1. The Morgan fingerprint density at radius 2 is 1.95 bits per heavy atom. The van der Waals surface area contributed by atoms with Crippen molar-refractivity contribution in [1.82, 2.24) is 15.1 Å². The molecule has 0 unspecified atom stereocenters. The maximum absolute atomic E-state index is 13.1. The van der Waals surface area contributed by atoms with Crippen LogP contribution >= 0.6 is 11.8 Å². The first-order chi connectivity index (χ1) is 18.7. The van der Waals surface area contributed by atoms with E-state index in [1.54, 1.807) is 46.1 Å². The van der Waals surface area contributed by atoms with Gasteiger partial charge in [0, 0.05) is 43.1 Å². The van der Waals surface area contributed by atoms with Crippen LogP contribution in [0, 0.1) is 0 Å². The van der Waals surface area contributed by atoms with Crippen molar-refractivity contribution in [2.45, 2.75) is 37.5 Å². The molecule has 0 saturated carbocycles. The summed E-state index contributed by atoms with van der Waals surface area (Å²) >= 11 is 1.40. The third-order valence-corrected chi connectivity index (χ3v) is 8.19. The molecule has 4 heterocycles. The third kappa shape index (κ3) is 5.52. The summed E-state index contributed by atoms with van der Waals surface area (Å²) in [6.45, 7) is 1.31. The van der Waals surface area contributed by atoms with Gasteiger partial charge in [0.2, 0.25) is 18.4 Å². The van der Waals surface area contributed by atoms with Crippen LogP contribution < -0.4 is 15.6 Å². The van der Waals surface area contributed by atoms with E-state index >= 15 is 0 Å². The Labute approximate surface area is 228 Å². The van der Waals surface area contributed by atoms with Gasteiger partial charge in [0.1, 0.15) is 22.9 Å². The number of phenolic OH excluding ortho intramolecular Hbond substituents is 1. The second-order valence-electron chi connectivity index (χ2n) is 9.59. The molecule has 3 amide bonds. The fraction of sp³-hybridized carbons (Fsp3) is 0.296. The average Bonchev–Trinajstić information content (AvgIpc) is 3.26. The fourth-order valence-electron chi connectivity index (χ4n) is 4.82. The summed E-state index contributed by atoms with van der Waals surface area (Å²) in [5.74, 6) is -1.47. The highest BCUT2D eigenvalue weighted by Crippen LogP contribution is 2.40. The average molecular weight is 551 g/mol. The molecule has 0 aliphatic carbocycles. The van der Waals surface area contributed by atoms with E-state index in [-0.39, 0.29) is 35.2 Å². The molecule has 0 radical (unpaired) electrons. The third-order valence-electron chi connectivity index (χ3n) is 6.86. The van der Waals surface area contributed by atoms with Crippen molar-refractivity contribution in [2.24, 2.45) is 5.73 Å². The van der Waals surface area contributed by atoms with Crippen molar-refractivity contribution in [3.05, 3.63) is 82.8 Å². The molecule has 2 aromatic rings. The lowest BCUT2D eigenvalue weighted by atomic mass is 10.0. The van der Waals surface area contributed by atoms with Crippen LogP contribution in [0.1, 0.15) is 17.5 Å². The summed E-state index contributed by atoms with van der Waals surface area (Å²) in [6.07, 6.45) is 5.63. The predicted molar refractivity (Wildman–Crippen MR) is 140 cm³/mol. The van der Waals surface area contributed by atoms with Crippen molar-refractivity contribution in [2.75, 3.05) is 12.3 Å². The summed E-state index contributed by atoms with van der Waals surface area (Å²) in [5, 5.41) is 21.7. The van der Waals surface area contributed by atoms with Crippen molar-refractivity contribution in [3.8, 4) is 5.75 Å². The highest BCUT2D eigenvalue weighted by atomic mass is 32.2. The van der Waals surface area contributed by atoms with Gasteiger partial charge in [-0.2, -0.15) is 4.57 Å². The van der Waals surface area contributed by atoms with Crippen LogP contribution in [0.2, 0.25) is 0 Å². The first-order valence-corrected chi connectivity index (χ1v) is 13.5. The molecular weight excluding hydrogens is 522 g/mol. The fourth-order valence-corrected chi connectivity index (χ4v) is 6.07. The van der Waals surface area contributed by atoms with Crippen LogP contribution in [0.25, 0.3) is 0 Å². The summed E-state index contributed by atoms with van der Waals surface area (Å²) in [6, 6.07) is 9.68. The second-order valence-corrected chi connectivity index (χ2v) is 10.7. The van der Waals surface area contributed by atoms with Gasteiger partial charge < -0.3 is 26.2 Å². The Bertz CT molecular complexity index is 1410. The predicted octanol–water partition coefficient (Wildman–Crippen LogP) is 0.236. The number of nitrogens with two attached hydrogens (primary N) is 1. The number of carboxylic acid groups (broad SMARTS) is 1. The lowest BCUT2D eigenvalue weighted by molar-refractivity contribution is -0.684. The molecule has 202 valence electrons. The van der Waals surface area contributed by atoms with Crippen molar-refractivity contribution in [3.63, 3.8) is 0 Å². The van der Waals surface area contributed by atoms with Crippen LogP contribution in [-0.2, 0) is 38.8 Å². The molecule has 1 aromatic carbocycles. The van der Waals surface area contributed by atoms with Crippen LogP contribution in [0.4, 0.5) is 0 Å². The molecule has 0 spiro atoms. The molecule has 1 aromatic heterocycles. The molecule has 2 atom stereocenters. The SMILES string of the molecule is N[C@@H]1C(=O)N2C(C(=O)O)=C(/C=C3\CCN(Cc4cc[n+](CC(=O)NCc5cccc(O)c5)cc4)C3=O)CS[C@H]12. The first-order valence-electron chi connectivity index (χ1n) is 12.4. The number of nitrogens with zero attached hydrogens (tertiary/aromatic N) is 3. The number of amides is 3. The number of nitrogens with one attached hydrogen (secondary N) is 1. The summed E-state index contributed by atoms with van der Waals surface area (Å²) < 4.78 is 1.73. The van der Waals surface area contributed by atoms with E-state index in [1.165, 1.54) is 16.7 Å². The minimum atomic E-state index is -1.21. The number of pyridine rings is 1. The molecule has 0 bridgehead atoms. The van der Waals surface area contributed by atoms with Gasteiger partial charge >= 0.3 is 5.97 Å². The Balaban J connectivity index is 1.18. The zero-order valence-electron chi connectivity index (χ0n) is 20.9. The van der Waals surface area contributed by atoms with Gasteiger partial charge in [-0.3, -0.25) is 19.3 Å². The quantitative estimate of drug-likeness (QED) is 0.207. The number of thioether (sulfide) groups is 1. The van der Waals surface area contributed by atoms with E-state index in [4.69, 9.17) is 5.73 Å². The van der Waals surface area contributed by atoms with E-state index in [0.29, 0.717) is 43.0 Å². The van der Waals surface area contributed by atoms with Gasteiger partial charge in [0.25, 0.3) is 5.91 Å². The maximum Gasteiger partial charge on any atom is 0.352 e. The molecule has 12 heteroatoms. The molecule has 5 rings (SSSR count). The first kappa shape index (κ1) is 26.4. The number of hydrogen-bond acceptors (Lipinski definition) is 7. The van der Waals surface area contributed by atoms with Gasteiger partial charge in [0.15, 0.2) is 12.4 Å². The Hall–Kier alpha value is -4.16. The largest absolute Gasteiger partial charge is 0.508 e. The number of hydrogen-bond donors (Lipinski definition) is 4. The lowest BCUT2D eigenvalue weighted by Crippen LogP contribution is -2.68. The number of rotatable bonds is 8. The maximum atomic E-state index is 13.1. The second kappa shape index (κ2) is 10.9. The van der Waals surface area contributed by atoms with E-state index in [2.05, 4.69) is 5.32 Å². The zero-order chi connectivity index (χ0) is 27.7. The molecule has 3 aliphatic rings. The number of benzene rings is 1. The number of aromatic hydroxyl groups is 1. The number of carbonyl (C=O) groups excluding carboxylic acids is 3. The summed E-state index contributed by atoms with van der Waals surface area (Å²) in [4.78, 5) is 52.3. The summed E-state index contributed by atoms with van der Waals surface area (Å²) in [7, 11) is 0. The molecule has 11 nitrogen and oxygen atoms in total. The molecule has 2 fully saturated rings. The number of β-lactam (4-membered cyclic amide) rings is 1. The highest BCUT2D eigenvalue weighted by Gasteiger charge is 2.51. The topological polar surface area (TPSA) is 157 Å². The molecule has 2 saturated heterocycles. The molecule has 39 heavy (non-hydrogen) atoms. The Kier molecular flexibility index (Phi) is 7.40. The van der Waals surface area contributed by atoms with Crippen LogP contribution in [0.3, 0.4) is 0 Å². The van der Waals surface area contributed by atoms with Crippen LogP contribution in [-0.4, -0.2) is 67.4 Å². The van der Waals surface area contributed by atoms with E-state index in [0.717, 1.165) is 11.1 Å². The highest BCUT2D eigenvalue weighted by molar-refractivity contribution is 8.00. The zero-order valence-corrected chi connectivity index (χ0v) is 21.8. The normalized spacial score (nSPS) is 21.7. The van der Waals surface area contributed by atoms with Gasteiger partial charge in [-0.05, 0) is 41.3 Å². The van der Waals surface area contributed by atoms with Crippen LogP contribution in [0.5, 0.6) is 5.75 Å². The minimum Gasteiger partial charge on any atom is -0.508 e. The lowest BCUT2D eigenvalue weighted by Gasteiger charge is -2.47. The molecule has 3 aliphatic heterocycles. The van der Waals surface area contributed by atoms with E-state index in [1.807, 2.05) is 18.2 Å². The van der Waals surface area contributed by atoms with Crippen LogP contribution in [0.15, 0.2) is 71.7 Å². The molecule has 5 N–H and O–H groups in total. The van der Waals surface area contributed by atoms with E-state index in [9.17, 15) is 29.4 Å². The van der Waals surface area contributed by atoms with Crippen molar-refractivity contribution < 1.29 is 34.0 Å². The summed E-state index contributed by atoms with van der Waals surface area (Å²) in [5.41, 5.74) is 8.35. The van der Waals surface area contributed by atoms with Gasteiger partial charge in [-0.1, -0.05) is 12.1 Å². The van der Waals surface area contributed by atoms with Crippen molar-refractivity contribution >= 4 is 35.5 Å². The Morgan fingerprint density at radius 1 is 1.18 bits per heavy atom. The number of allylic oxidation sites excluding steroid dienone is 1. The monoisotopic (exact) mass is 550 g/mol. The number of phenols is 1. The smallest absolute Gasteiger partial charge is 0.352 e. The van der Waals surface area contributed by atoms with Crippen molar-refractivity contribution in [1.29, 1.82) is 0 Å². The van der Waals surface area contributed by atoms with Gasteiger partial charge in [-0.15, -0.1) is 11.8 Å². The van der Waals surface area contributed by atoms with Gasteiger partial charge in [0.05, 0.1) is 0 Å². The van der Waals surface area contributed by atoms with E-state index < -0.39 is 17.9 Å². The number of aliphatic carboxylic acids is 1. The number of likely N-dealkylation sites (tertiary alicyclic amines) is 1. The minimum absolute atomic E-state index is 0.0947. The van der Waals surface area contributed by atoms with Gasteiger partial charge in [-0.25, -0.2) is 4.79 Å². The number of carboxylic acids is 1. The Morgan fingerprint density at radius 3 is 2.67 bits per heavy atom. The number of carbonyl (C=O) groups is 4. The molecular formula is C27H28N5O6S+. The number of aromatic nitrogens is 1. The number of fused-ring (bicyclic) bond motifs is 1.